The molecule has 0 saturated carbocycles. The van der Waals surface area contributed by atoms with Crippen molar-refractivity contribution in [2.45, 2.75) is 18.3 Å². The molecule has 1 N–H and O–H groups in total. The van der Waals surface area contributed by atoms with Crippen molar-refractivity contribution in [2.75, 3.05) is 38.5 Å². The van der Waals surface area contributed by atoms with Gasteiger partial charge in [0.05, 0.1) is 11.4 Å². The predicted octanol–water partition coefficient (Wildman–Crippen LogP) is 3.36. The van der Waals surface area contributed by atoms with Crippen LogP contribution in [0.4, 0.5) is 0 Å². The van der Waals surface area contributed by atoms with E-state index in [0.29, 0.717) is 42.8 Å². The first-order valence-electron chi connectivity index (χ1n) is 9.90. The van der Waals surface area contributed by atoms with Crippen LogP contribution < -0.4 is 0 Å². The summed E-state index contributed by atoms with van der Waals surface area (Å²) in [6.07, 6.45) is -0.393. The van der Waals surface area contributed by atoms with Crippen LogP contribution in [0.25, 0.3) is 0 Å². The average molecular weight is 469 g/mol. The molecule has 2 atom stereocenters. The molecule has 1 aliphatic heterocycles. The molecule has 0 spiro atoms. The van der Waals surface area contributed by atoms with Gasteiger partial charge in [-0.1, -0.05) is 47.5 Å². The predicted molar refractivity (Wildman–Crippen MR) is 122 cm³/mol. The van der Waals surface area contributed by atoms with Crippen LogP contribution in [0, 0.1) is 0 Å². The normalized spacial score (nSPS) is 17.2. The van der Waals surface area contributed by atoms with Gasteiger partial charge in [-0.25, -0.2) is 0 Å². The Hall–Kier alpha value is -1.44. The number of aliphatic hydroxyl groups excluding tert-OH is 1. The second-order valence-corrected chi connectivity index (χ2v) is 9.94. The van der Waals surface area contributed by atoms with Gasteiger partial charge in [0.15, 0.2) is 0 Å². The summed E-state index contributed by atoms with van der Waals surface area (Å²) >= 11 is 12.3. The molecule has 3 rings (SSSR count). The SMILES string of the molecule is CC(O)CN1CCN(C(=O)CS(=O)C(c2cccc(Cl)c2)c2cccc(Cl)c2)CC1. The van der Waals surface area contributed by atoms with Gasteiger partial charge in [0.1, 0.15) is 5.75 Å². The molecule has 1 amide bonds. The standard InChI is InChI=1S/C22H26Cl2N2O3S/c1-16(27)14-25-8-10-26(11-9-25)21(28)15-30(29)22(17-4-2-6-19(23)12-17)18-5-3-7-20(24)13-18/h2-7,12-13,16,22,27H,8-11,14-15H2,1H3. The van der Waals surface area contributed by atoms with E-state index in [-0.39, 0.29) is 11.7 Å². The lowest BCUT2D eigenvalue weighted by Gasteiger charge is -2.35. The Balaban J connectivity index is 1.73. The molecule has 0 aliphatic carbocycles. The monoisotopic (exact) mass is 468 g/mol. The minimum absolute atomic E-state index is 0.0693. The molecule has 2 unspecified atom stereocenters. The molecule has 2 aromatic rings. The van der Waals surface area contributed by atoms with Crippen LogP contribution in [0.1, 0.15) is 23.3 Å². The molecule has 1 heterocycles. The van der Waals surface area contributed by atoms with Crippen molar-refractivity contribution in [2.24, 2.45) is 0 Å². The summed E-state index contributed by atoms with van der Waals surface area (Å²) in [5.74, 6) is -0.195. The number of carbonyl (C=O) groups is 1. The van der Waals surface area contributed by atoms with Crippen molar-refractivity contribution in [3.63, 3.8) is 0 Å². The third-order valence-corrected chi connectivity index (χ3v) is 7.15. The number of benzene rings is 2. The van der Waals surface area contributed by atoms with Crippen LogP contribution in [0.3, 0.4) is 0 Å². The minimum atomic E-state index is -1.49. The zero-order chi connectivity index (χ0) is 21.7. The molecule has 1 aliphatic rings. The van der Waals surface area contributed by atoms with Gasteiger partial charge in [-0.05, 0) is 42.3 Å². The van der Waals surface area contributed by atoms with Crippen LogP contribution in [0.15, 0.2) is 48.5 Å². The maximum absolute atomic E-state index is 13.4. The molecule has 2 aromatic carbocycles. The Kier molecular flexibility index (Phi) is 8.31. The number of piperazine rings is 1. The molecular formula is C22H26Cl2N2O3S. The number of nitrogens with zero attached hydrogens (tertiary/aromatic N) is 2. The highest BCUT2D eigenvalue weighted by atomic mass is 35.5. The smallest absolute Gasteiger partial charge is 0.235 e. The van der Waals surface area contributed by atoms with Crippen LogP contribution in [-0.2, 0) is 15.6 Å². The molecule has 5 nitrogen and oxygen atoms in total. The Bertz CT molecular complexity index is 856. The van der Waals surface area contributed by atoms with Crippen molar-refractivity contribution in [3.05, 3.63) is 69.7 Å². The van der Waals surface area contributed by atoms with Crippen molar-refractivity contribution < 1.29 is 14.1 Å². The van der Waals surface area contributed by atoms with Gasteiger partial charge in [-0.3, -0.25) is 13.9 Å². The van der Waals surface area contributed by atoms with Crippen molar-refractivity contribution >= 4 is 39.9 Å². The zero-order valence-corrected chi connectivity index (χ0v) is 19.2. The summed E-state index contributed by atoms with van der Waals surface area (Å²) in [5, 5.41) is 10.1. The van der Waals surface area contributed by atoms with Gasteiger partial charge >= 0.3 is 0 Å². The first kappa shape index (κ1) is 23.2. The van der Waals surface area contributed by atoms with Gasteiger partial charge < -0.3 is 10.0 Å². The Morgan fingerprint density at radius 1 is 1.03 bits per heavy atom. The highest BCUT2D eigenvalue weighted by Gasteiger charge is 2.28. The van der Waals surface area contributed by atoms with Crippen LogP contribution in [0.2, 0.25) is 10.0 Å². The lowest BCUT2D eigenvalue weighted by atomic mass is 10.0. The minimum Gasteiger partial charge on any atom is -0.392 e. The van der Waals surface area contributed by atoms with Gasteiger partial charge in [-0.15, -0.1) is 0 Å². The molecule has 1 fully saturated rings. The lowest BCUT2D eigenvalue weighted by Crippen LogP contribution is -2.51. The average Bonchev–Trinajstić information content (AvgIpc) is 2.68. The fraction of sp³-hybridized carbons (Fsp3) is 0.409. The van der Waals surface area contributed by atoms with E-state index in [4.69, 9.17) is 23.2 Å². The molecule has 162 valence electrons. The van der Waals surface area contributed by atoms with E-state index in [1.54, 1.807) is 36.1 Å². The maximum Gasteiger partial charge on any atom is 0.235 e. The summed E-state index contributed by atoms with van der Waals surface area (Å²) in [6.45, 7) is 4.90. The molecule has 0 radical (unpaired) electrons. The van der Waals surface area contributed by atoms with E-state index >= 15 is 0 Å². The fourth-order valence-corrected chi connectivity index (χ4v) is 5.58. The second-order valence-electron chi connectivity index (χ2n) is 7.55. The van der Waals surface area contributed by atoms with Gasteiger partial charge in [-0.2, -0.15) is 0 Å². The number of halogens is 2. The summed E-state index contributed by atoms with van der Waals surface area (Å²) < 4.78 is 13.4. The number of hydrogen-bond acceptors (Lipinski definition) is 4. The summed E-state index contributed by atoms with van der Waals surface area (Å²) in [5.41, 5.74) is 1.58. The van der Waals surface area contributed by atoms with E-state index in [1.807, 2.05) is 24.3 Å². The van der Waals surface area contributed by atoms with E-state index in [1.165, 1.54) is 0 Å². The second kappa shape index (κ2) is 10.7. The summed E-state index contributed by atoms with van der Waals surface area (Å²) in [6, 6.07) is 14.5. The lowest BCUT2D eigenvalue weighted by molar-refractivity contribution is -0.130. The quantitative estimate of drug-likeness (QED) is 0.676. The summed E-state index contributed by atoms with van der Waals surface area (Å²) in [7, 11) is -1.49. The Labute approximate surface area is 190 Å². The number of carbonyl (C=O) groups excluding carboxylic acids is 1. The topological polar surface area (TPSA) is 60.9 Å². The van der Waals surface area contributed by atoms with Gasteiger partial charge in [0.25, 0.3) is 0 Å². The van der Waals surface area contributed by atoms with E-state index in [0.717, 1.165) is 11.1 Å². The van der Waals surface area contributed by atoms with Crippen molar-refractivity contribution in [1.29, 1.82) is 0 Å². The van der Waals surface area contributed by atoms with Crippen LogP contribution in [-0.4, -0.2) is 69.6 Å². The highest BCUT2D eigenvalue weighted by molar-refractivity contribution is 7.86. The molecule has 30 heavy (non-hydrogen) atoms. The largest absolute Gasteiger partial charge is 0.392 e. The first-order valence-corrected chi connectivity index (χ1v) is 12.0. The summed E-state index contributed by atoms with van der Waals surface area (Å²) in [4.78, 5) is 16.7. The van der Waals surface area contributed by atoms with Crippen LogP contribution >= 0.6 is 23.2 Å². The third-order valence-electron chi connectivity index (χ3n) is 5.08. The molecule has 0 bridgehead atoms. The Morgan fingerprint density at radius 2 is 1.57 bits per heavy atom. The number of amides is 1. The number of β-amino-alcohol motifs (C(OH)–C–C–N with tert-alkyl or cyclic N) is 1. The molecular weight excluding hydrogens is 443 g/mol. The number of aliphatic hydroxyl groups is 1. The number of rotatable bonds is 7. The van der Waals surface area contributed by atoms with Gasteiger partial charge in [0.2, 0.25) is 5.91 Å². The first-order chi connectivity index (χ1) is 14.3. The molecule has 8 heteroatoms. The van der Waals surface area contributed by atoms with Gasteiger partial charge in [0, 0.05) is 53.6 Å². The van der Waals surface area contributed by atoms with E-state index in [9.17, 15) is 14.1 Å². The number of hydrogen-bond donors (Lipinski definition) is 1. The maximum atomic E-state index is 13.4. The van der Waals surface area contributed by atoms with Crippen LogP contribution in [0.5, 0.6) is 0 Å². The third kappa shape index (κ3) is 6.28. The fourth-order valence-electron chi connectivity index (χ4n) is 3.69. The molecule has 0 aromatic heterocycles. The Morgan fingerprint density at radius 3 is 2.03 bits per heavy atom. The highest BCUT2D eigenvalue weighted by Crippen LogP contribution is 2.31. The van der Waals surface area contributed by atoms with Crippen molar-refractivity contribution in [3.8, 4) is 0 Å². The van der Waals surface area contributed by atoms with E-state index < -0.39 is 22.2 Å². The van der Waals surface area contributed by atoms with E-state index in [2.05, 4.69) is 4.90 Å². The zero-order valence-electron chi connectivity index (χ0n) is 16.8. The van der Waals surface area contributed by atoms with Crippen molar-refractivity contribution in [1.82, 2.24) is 9.80 Å². The molecule has 1 saturated heterocycles.